The molecule has 1 aromatic rings. The molecule has 144 valence electrons. The van der Waals surface area contributed by atoms with Gasteiger partial charge < -0.3 is 4.52 Å². The van der Waals surface area contributed by atoms with Crippen LogP contribution >= 0.6 is 30.7 Å². The number of benzene rings is 1. The summed E-state index contributed by atoms with van der Waals surface area (Å²) >= 11 is 5.15. The fourth-order valence-electron chi connectivity index (χ4n) is 1.73. The Hall–Kier alpha value is -0.250. The molecule has 0 N–H and O–H groups in total. The summed E-state index contributed by atoms with van der Waals surface area (Å²) in [5, 5.41) is -0.426. The minimum absolute atomic E-state index is 0.00732. The van der Waals surface area contributed by atoms with Crippen molar-refractivity contribution in [3.05, 3.63) is 23.2 Å². The van der Waals surface area contributed by atoms with Crippen LogP contribution in [0, 0.1) is 0 Å². The molecule has 1 aromatic carbocycles. The molecule has 0 heterocycles. The van der Waals surface area contributed by atoms with E-state index in [2.05, 4.69) is 0 Å². The highest BCUT2D eigenvalue weighted by molar-refractivity contribution is 8.00. The molecule has 0 bridgehead atoms. The van der Waals surface area contributed by atoms with Gasteiger partial charge in [0.15, 0.2) is 0 Å². The second-order valence-corrected chi connectivity index (χ2v) is 10.9. The number of thioether (sulfide) groups is 1. The summed E-state index contributed by atoms with van der Waals surface area (Å²) in [7, 11) is -8.10. The second-order valence-electron chi connectivity index (χ2n) is 5.10. The molecule has 1 atom stereocenters. The third-order valence-electron chi connectivity index (χ3n) is 2.70. The van der Waals surface area contributed by atoms with Gasteiger partial charge in [0.2, 0.25) is 7.37 Å². The zero-order valence-electron chi connectivity index (χ0n) is 13.5. The average Bonchev–Trinajstić information content (AvgIpc) is 2.42. The van der Waals surface area contributed by atoms with E-state index in [9.17, 15) is 26.2 Å². The van der Waals surface area contributed by atoms with Crippen molar-refractivity contribution in [3.8, 4) is 0 Å². The van der Waals surface area contributed by atoms with E-state index >= 15 is 0 Å². The van der Waals surface area contributed by atoms with Gasteiger partial charge in [0.1, 0.15) is 11.2 Å². The molecule has 0 aliphatic carbocycles. The number of halogens is 4. The standard InChI is InChI=1S/C13H17ClF3O5PS2/c1-4-23(18,22-9(2)3)8-21-25(19,20)12-10(14)6-5-7-11(12)24-13(15,16)17/h5-7,9H,4,8H2,1-3H3. The van der Waals surface area contributed by atoms with Gasteiger partial charge in [0.05, 0.1) is 11.1 Å². The number of hydrogen-bond acceptors (Lipinski definition) is 6. The van der Waals surface area contributed by atoms with E-state index in [4.69, 9.17) is 20.3 Å². The fourth-order valence-corrected chi connectivity index (χ4v) is 6.37. The van der Waals surface area contributed by atoms with Gasteiger partial charge >= 0.3 is 5.51 Å². The molecule has 0 aromatic heterocycles. The average molecular weight is 441 g/mol. The highest BCUT2D eigenvalue weighted by atomic mass is 35.5. The molecule has 1 rings (SSSR count). The van der Waals surface area contributed by atoms with E-state index in [1.54, 1.807) is 13.8 Å². The normalized spacial score (nSPS) is 15.4. The number of hydrogen-bond donors (Lipinski definition) is 0. The molecule has 0 radical (unpaired) electrons. The van der Waals surface area contributed by atoms with Crippen molar-refractivity contribution in [1.29, 1.82) is 0 Å². The predicted octanol–water partition coefficient (Wildman–Crippen LogP) is 5.34. The topological polar surface area (TPSA) is 69.7 Å². The lowest BCUT2D eigenvalue weighted by molar-refractivity contribution is -0.0329. The maximum absolute atomic E-state index is 12.6. The second kappa shape index (κ2) is 8.63. The minimum atomic E-state index is -4.71. The van der Waals surface area contributed by atoms with E-state index in [0.29, 0.717) is 0 Å². The monoisotopic (exact) mass is 440 g/mol. The van der Waals surface area contributed by atoms with E-state index in [0.717, 1.165) is 12.1 Å². The zero-order chi connectivity index (χ0) is 19.5. The third-order valence-corrected chi connectivity index (χ3v) is 7.88. The molecular weight excluding hydrogens is 424 g/mol. The van der Waals surface area contributed by atoms with Crippen LogP contribution in [0.3, 0.4) is 0 Å². The van der Waals surface area contributed by atoms with Crippen molar-refractivity contribution in [2.75, 3.05) is 12.5 Å². The van der Waals surface area contributed by atoms with Crippen molar-refractivity contribution in [1.82, 2.24) is 0 Å². The molecule has 25 heavy (non-hydrogen) atoms. The molecular formula is C13H17ClF3O5PS2. The summed E-state index contributed by atoms with van der Waals surface area (Å²) in [6.45, 7) is 4.76. The lowest BCUT2D eigenvalue weighted by Gasteiger charge is -2.20. The summed E-state index contributed by atoms with van der Waals surface area (Å²) in [6.07, 6.45) is -1.22. The lowest BCUT2D eigenvalue weighted by atomic mass is 10.4. The first-order valence-corrected chi connectivity index (χ1v) is 11.6. The Labute approximate surface area is 153 Å². The first kappa shape index (κ1) is 22.8. The highest BCUT2D eigenvalue weighted by Gasteiger charge is 2.35. The first-order chi connectivity index (χ1) is 11.3. The maximum atomic E-state index is 12.6. The van der Waals surface area contributed by atoms with Crippen molar-refractivity contribution in [2.45, 2.75) is 42.2 Å². The Balaban J connectivity index is 3.16. The molecule has 5 nitrogen and oxygen atoms in total. The van der Waals surface area contributed by atoms with Gasteiger partial charge in [-0.05, 0) is 37.7 Å². The zero-order valence-corrected chi connectivity index (χ0v) is 16.8. The summed E-state index contributed by atoms with van der Waals surface area (Å²) in [5.41, 5.74) is -4.71. The van der Waals surface area contributed by atoms with E-state index in [1.807, 2.05) is 0 Å². The smallest absolute Gasteiger partial charge is 0.324 e. The molecule has 0 aliphatic rings. The van der Waals surface area contributed by atoms with Gasteiger partial charge in [-0.25, -0.2) is 0 Å². The van der Waals surface area contributed by atoms with Crippen LogP contribution in [-0.2, 0) is 23.4 Å². The fraction of sp³-hybridized carbons (Fsp3) is 0.538. The van der Waals surface area contributed by atoms with Crippen LogP contribution in [0.5, 0.6) is 0 Å². The van der Waals surface area contributed by atoms with Crippen LogP contribution in [0.15, 0.2) is 28.0 Å². The Morgan fingerprint density at radius 2 is 1.92 bits per heavy atom. The molecule has 0 amide bonds. The van der Waals surface area contributed by atoms with Gasteiger partial charge in [-0.1, -0.05) is 24.6 Å². The Bertz CT molecular complexity index is 753. The van der Waals surface area contributed by atoms with E-state index in [-0.39, 0.29) is 6.16 Å². The van der Waals surface area contributed by atoms with Gasteiger partial charge in [0, 0.05) is 11.1 Å². The molecule has 0 fully saturated rings. The van der Waals surface area contributed by atoms with Crippen molar-refractivity contribution < 1.29 is 34.9 Å². The number of alkyl halides is 3. The SMILES string of the molecule is CCP(=O)(COS(=O)(=O)c1c(Cl)cccc1SC(F)(F)F)OC(C)C. The van der Waals surface area contributed by atoms with Crippen LogP contribution < -0.4 is 0 Å². The molecule has 0 spiro atoms. The molecule has 0 saturated carbocycles. The molecule has 1 unspecified atom stereocenters. The summed E-state index contributed by atoms with van der Waals surface area (Å²) < 4.78 is 85.0. The summed E-state index contributed by atoms with van der Waals surface area (Å²) in [4.78, 5) is -1.44. The number of rotatable bonds is 8. The van der Waals surface area contributed by atoms with Gasteiger partial charge in [0.25, 0.3) is 10.1 Å². The van der Waals surface area contributed by atoms with Crippen LogP contribution in [0.2, 0.25) is 5.02 Å². The maximum Gasteiger partial charge on any atom is 0.446 e. The largest absolute Gasteiger partial charge is 0.446 e. The van der Waals surface area contributed by atoms with Crippen molar-refractivity contribution in [2.24, 2.45) is 0 Å². The Morgan fingerprint density at radius 3 is 2.40 bits per heavy atom. The quantitative estimate of drug-likeness (QED) is 0.309. The third kappa shape index (κ3) is 7.11. The minimum Gasteiger partial charge on any atom is -0.324 e. The van der Waals surface area contributed by atoms with Gasteiger partial charge in [-0.3, -0.25) is 8.75 Å². The van der Waals surface area contributed by atoms with E-state index in [1.165, 1.54) is 13.0 Å². The lowest BCUT2D eigenvalue weighted by Crippen LogP contribution is -2.14. The summed E-state index contributed by atoms with van der Waals surface area (Å²) in [6, 6.07) is 3.28. The first-order valence-electron chi connectivity index (χ1n) is 7.00. The predicted molar refractivity (Wildman–Crippen MR) is 90.9 cm³/mol. The van der Waals surface area contributed by atoms with Crippen LogP contribution in [0.4, 0.5) is 13.2 Å². The van der Waals surface area contributed by atoms with Crippen LogP contribution in [0.25, 0.3) is 0 Å². The van der Waals surface area contributed by atoms with Crippen molar-refractivity contribution in [3.63, 3.8) is 0 Å². The van der Waals surface area contributed by atoms with Crippen LogP contribution in [-0.4, -0.2) is 32.5 Å². The highest BCUT2D eigenvalue weighted by Crippen LogP contribution is 2.49. The Morgan fingerprint density at radius 1 is 1.32 bits per heavy atom. The van der Waals surface area contributed by atoms with Gasteiger partial charge in [-0.15, -0.1) is 0 Å². The van der Waals surface area contributed by atoms with E-state index < -0.39 is 62.0 Å². The van der Waals surface area contributed by atoms with Gasteiger partial charge in [-0.2, -0.15) is 21.6 Å². The Kier molecular flexibility index (Phi) is 7.86. The summed E-state index contributed by atoms with van der Waals surface area (Å²) in [5.74, 6) is 0. The molecule has 12 heteroatoms. The molecule has 0 aliphatic heterocycles. The van der Waals surface area contributed by atoms with Crippen molar-refractivity contribution >= 4 is 40.8 Å². The molecule has 0 saturated heterocycles. The van der Waals surface area contributed by atoms with Crippen LogP contribution in [0.1, 0.15) is 20.8 Å².